The zero-order chi connectivity index (χ0) is 13.8. The van der Waals surface area contributed by atoms with Crippen LogP contribution in [0.2, 0.25) is 0 Å². The maximum atomic E-state index is 13.3. The molecule has 19 heavy (non-hydrogen) atoms. The minimum atomic E-state index is -0.473. The first-order chi connectivity index (χ1) is 9.11. The van der Waals surface area contributed by atoms with E-state index in [1.54, 1.807) is 0 Å². The molecule has 0 spiro atoms. The van der Waals surface area contributed by atoms with Crippen molar-refractivity contribution in [3.8, 4) is 11.8 Å². The lowest BCUT2D eigenvalue weighted by molar-refractivity contribution is 0.0935. The van der Waals surface area contributed by atoms with E-state index in [0.717, 1.165) is 12.8 Å². The molecule has 2 rings (SSSR count). The molecule has 100 valence electrons. The van der Waals surface area contributed by atoms with E-state index in [0.29, 0.717) is 11.5 Å². The van der Waals surface area contributed by atoms with Gasteiger partial charge in [0.15, 0.2) is 0 Å². The molecule has 1 aromatic rings. The van der Waals surface area contributed by atoms with Gasteiger partial charge in [0, 0.05) is 11.6 Å². The number of aliphatic hydroxyl groups is 1. The second-order valence-electron chi connectivity index (χ2n) is 4.75. The van der Waals surface area contributed by atoms with E-state index >= 15 is 0 Å². The summed E-state index contributed by atoms with van der Waals surface area (Å²) in [7, 11) is 0. The second-order valence-corrected chi connectivity index (χ2v) is 4.75. The minimum Gasteiger partial charge on any atom is -0.384 e. The number of carbonyl (C=O) groups is 1. The molecule has 0 bridgehead atoms. The van der Waals surface area contributed by atoms with Crippen molar-refractivity contribution in [3.05, 3.63) is 35.1 Å². The molecule has 0 aliphatic heterocycles. The molecule has 1 saturated carbocycles. The number of benzene rings is 1. The molecule has 0 saturated heterocycles. The Labute approximate surface area is 111 Å². The zero-order valence-corrected chi connectivity index (χ0v) is 10.7. The van der Waals surface area contributed by atoms with E-state index in [-0.39, 0.29) is 24.1 Å². The number of amides is 1. The molecule has 0 aromatic heterocycles. The van der Waals surface area contributed by atoms with Crippen LogP contribution in [0.3, 0.4) is 0 Å². The van der Waals surface area contributed by atoms with Gasteiger partial charge in [-0.15, -0.1) is 0 Å². The standard InChI is InChI=1S/C15H16FNO2/c1-10(11-4-5-11)17-15(19)14-9-13(16)7-6-12(14)3-2-8-18/h6-7,9-11,18H,4-5,8H2,1H3,(H,17,19). The van der Waals surface area contributed by atoms with Crippen LogP contribution in [-0.2, 0) is 0 Å². The maximum absolute atomic E-state index is 13.3. The number of halogens is 1. The third kappa shape index (κ3) is 3.55. The molecule has 2 N–H and O–H groups in total. The van der Waals surface area contributed by atoms with Gasteiger partial charge in [-0.05, 0) is 43.9 Å². The zero-order valence-electron chi connectivity index (χ0n) is 10.7. The molecule has 0 heterocycles. The predicted molar refractivity (Wildman–Crippen MR) is 70.0 cm³/mol. The van der Waals surface area contributed by atoms with Gasteiger partial charge in [-0.25, -0.2) is 4.39 Å². The highest BCUT2D eigenvalue weighted by Gasteiger charge is 2.29. The third-order valence-corrected chi connectivity index (χ3v) is 3.22. The van der Waals surface area contributed by atoms with Gasteiger partial charge in [-0.3, -0.25) is 4.79 Å². The molecule has 3 nitrogen and oxygen atoms in total. The number of nitrogens with one attached hydrogen (secondary N) is 1. The Morgan fingerprint density at radius 2 is 2.32 bits per heavy atom. The third-order valence-electron chi connectivity index (χ3n) is 3.22. The van der Waals surface area contributed by atoms with Crippen molar-refractivity contribution in [1.82, 2.24) is 5.32 Å². The summed E-state index contributed by atoms with van der Waals surface area (Å²) in [4.78, 5) is 12.1. The summed E-state index contributed by atoms with van der Waals surface area (Å²) in [5.74, 6) is 4.87. The molecule has 1 fully saturated rings. The first-order valence-corrected chi connectivity index (χ1v) is 6.32. The summed E-state index contributed by atoms with van der Waals surface area (Å²) >= 11 is 0. The van der Waals surface area contributed by atoms with E-state index in [1.807, 2.05) is 6.92 Å². The molecule has 1 aliphatic rings. The fourth-order valence-electron chi connectivity index (χ4n) is 1.95. The molecule has 0 radical (unpaired) electrons. The molecule has 1 aromatic carbocycles. The Balaban J connectivity index is 2.20. The van der Waals surface area contributed by atoms with Crippen molar-refractivity contribution in [2.75, 3.05) is 6.61 Å². The molecule has 1 aliphatic carbocycles. The molecular formula is C15H16FNO2. The van der Waals surface area contributed by atoms with Crippen LogP contribution in [0.15, 0.2) is 18.2 Å². The Bertz CT molecular complexity index is 541. The lowest BCUT2D eigenvalue weighted by atomic mass is 10.1. The van der Waals surface area contributed by atoms with E-state index in [2.05, 4.69) is 17.2 Å². The fraction of sp³-hybridized carbons (Fsp3) is 0.400. The van der Waals surface area contributed by atoms with Gasteiger partial charge in [-0.1, -0.05) is 11.8 Å². The first-order valence-electron chi connectivity index (χ1n) is 6.32. The smallest absolute Gasteiger partial charge is 0.252 e. The largest absolute Gasteiger partial charge is 0.384 e. The van der Waals surface area contributed by atoms with Gasteiger partial charge in [0.1, 0.15) is 12.4 Å². The summed E-state index contributed by atoms with van der Waals surface area (Å²) in [6.45, 7) is 1.66. The summed E-state index contributed by atoms with van der Waals surface area (Å²) < 4.78 is 13.3. The molecule has 1 unspecified atom stereocenters. The number of hydrogen-bond acceptors (Lipinski definition) is 2. The highest BCUT2D eigenvalue weighted by Crippen LogP contribution is 2.32. The van der Waals surface area contributed by atoms with Crippen molar-refractivity contribution >= 4 is 5.91 Å². The quantitative estimate of drug-likeness (QED) is 0.814. The van der Waals surface area contributed by atoms with Gasteiger partial charge in [-0.2, -0.15) is 0 Å². The number of rotatable bonds is 3. The summed E-state index contributed by atoms with van der Waals surface area (Å²) in [5, 5.41) is 11.6. The lowest BCUT2D eigenvalue weighted by Gasteiger charge is -2.13. The van der Waals surface area contributed by atoms with Crippen LogP contribution in [0.25, 0.3) is 0 Å². The Morgan fingerprint density at radius 3 is 2.95 bits per heavy atom. The average Bonchev–Trinajstić information content (AvgIpc) is 3.21. The van der Waals surface area contributed by atoms with Crippen LogP contribution in [0.4, 0.5) is 4.39 Å². The maximum Gasteiger partial charge on any atom is 0.252 e. The van der Waals surface area contributed by atoms with Crippen LogP contribution in [0, 0.1) is 23.6 Å². The van der Waals surface area contributed by atoms with E-state index in [4.69, 9.17) is 5.11 Å². The van der Waals surface area contributed by atoms with Crippen molar-refractivity contribution in [2.45, 2.75) is 25.8 Å². The van der Waals surface area contributed by atoms with Crippen LogP contribution < -0.4 is 5.32 Å². The Morgan fingerprint density at radius 1 is 1.58 bits per heavy atom. The van der Waals surface area contributed by atoms with Gasteiger partial charge in [0.2, 0.25) is 0 Å². The lowest BCUT2D eigenvalue weighted by Crippen LogP contribution is -2.34. The second kappa shape index (κ2) is 5.85. The monoisotopic (exact) mass is 261 g/mol. The number of hydrogen-bond donors (Lipinski definition) is 2. The van der Waals surface area contributed by atoms with Crippen molar-refractivity contribution < 1.29 is 14.3 Å². The average molecular weight is 261 g/mol. The van der Waals surface area contributed by atoms with Gasteiger partial charge in [0.05, 0.1) is 5.56 Å². The topological polar surface area (TPSA) is 49.3 Å². The Hall–Kier alpha value is -1.86. The molecule has 1 amide bonds. The molecule has 1 atom stereocenters. The van der Waals surface area contributed by atoms with Crippen LogP contribution in [0.5, 0.6) is 0 Å². The SMILES string of the molecule is CC(NC(=O)c1cc(F)ccc1C#CCO)C1CC1. The summed E-state index contributed by atoms with van der Waals surface area (Å²) in [6.07, 6.45) is 2.25. The van der Waals surface area contributed by atoms with Crippen LogP contribution in [0.1, 0.15) is 35.7 Å². The molecular weight excluding hydrogens is 245 g/mol. The highest BCUT2D eigenvalue weighted by atomic mass is 19.1. The van der Waals surface area contributed by atoms with Crippen LogP contribution >= 0.6 is 0 Å². The van der Waals surface area contributed by atoms with Crippen LogP contribution in [-0.4, -0.2) is 23.7 Å². The van der Waals surface area contributed by atoms with E-state index in [9.17, 15) is 9.18 Å². The van der Waals surface area contributed by atoms with Gasteiger partial charge >= 0.3 is 0 Å². The summed E-state index contributed by atoms with van der Waals surface area (Å²) in [5.41, 5.74) is 0.643. The van der Waals surface area contributed by atoms with E-state index in [1.165, 1.54) is 18.2 Å². The number of aliphatic hydroxyl groups excluding tert-OH is 1. The summed E-state index contributed by atoms with van der Waals surface area (Å²) in [6, 6.07) is 3.97. The number of carbonyl (C=O) groups excluding carboxylic acids is 1. The highest BCUT2D eigenvalue weighted by molar-refractivity contribution is 5.97. The normalized spacial score (nSPS) is 15.3. The Kier molecular flexibility index (Phi) is 4.18. The predicted octanol–water partition coefficient (Wildman–Crippen LogP) is 1.70. The minimum absolute atomic E-state index is 0.0921. The van der Waals surface area contributed by atoms with Crippen molar-refractivity contribution in [3.63, 3.8) is 0 Å². The molecule has 4 heteroatoms. The first kappa shape index (κ1) is 13.6. The van der Waals surface area contributed by atoms with Crippen molar-refractivity contribution in [1.29, 1.82) is 0 Å². The van der Waals surface area contributed by atoms with Gasteiger partial charge < -0.3 is 10.4 Å². The van der Waals surface area contributed by atoms with Crippen molar-refractivity contribution in [2.24, 2.45) is 5.92 Å². The van der Waals surface area contributed by atoms with E-state index < -0.39 is 5.82 Å². The fourth-order valence-corrected chi connectivity index (χ4v) is 1.95. The van der Waals surface area contributed by atoms with Gasteiger partial charge in [0.25, 0.3) is 5.91 Å².